The Morgan fingerprint density at radius 1 is 1.38 bits per heavy atom. The van der Waals surface area contributed by atoms with Crippen molar-refractivity contribution in [1.29, 1.82) is 0 Å². The SMILES string of the molecule is Cc1ncc(Br)c(=O)n1CCC(=O)Nc1ccc(N)cc1. The minimum absolute atomic E-state index is 0.175. The molecule has 0 bridgehead atoms. The van der Waals surface area contributed by atoms with E-state index in [1.165, 1.54) is 10.8 Å². The van der Waals surface area contributed by atoms with Gasteiger partial charge in [0.15, 0.2) is 0 Å². The quantitative estimate of drug-likeness (QED) is 0.824. The molecule has 0 atom stereocenters. The van der Waals surface area contributed by atoms with Crippen molar-refractivity contribution in [2.45, 2.75) is 19.9 Å². The summed E-state index contributed by atoms with van der Waals surface area (Å²) in [5.41, 5.74) is 6.69. The summed E-state index contributed by atoms with van der Waals surface area (Å²) in [6.45, 7) is 2.00. The summed E-state index contributed by atoms with van der Waals surface area (Å²) < 4.78 is 1.85. The van der Waals surface area contributed by atoms with Crippen LogP contribution in [0.3, 0.4) is 0 Å². The van der Waals surface area contributed by atoms with E-state index in [0.29, 0.717) is 21.7 Å². The highest BCUT2D eigenvalue weighted by molar-refractivity contribution is 9.10. The van der Waals surface area contributed by atoms with Crippen molar-refractivity contribution in [3.63, 3.8) is 0 Å². The number of nitrogens with zero attached hydrogens (tertiary/aromatic N) is 2. The smallest absolute Gasteiger partial charge is 0.267 e. The van der Waals surface area contributed by atoms with Gasteiger partial charge in [0, 0.05) is 30.5 Å². The van der Waals surface area contributed by atoms with Gasteiger partial charge in [-0.3, -0.25) is 14.2 Å². The number of nitrogen functional groups attached to an aromatic ring is 1. The zero-order valence-electron chi connectivity index (χ0n) is 11.5. The molecule has 0 aliphatic rings. The number of anilines is 2. The molecular formula is C14H15BrN4O2. The lowest BCUT2D eigenvalue weighted by atomic mass is 10.2. The summed E-state index contributed by atoms with van der Waals surface area (Å²) in [4.78, 5) is 27.9. The molecule has 0 saturated carbocycles. The molecule has 0 fully saturated rings. The van der Waals surface area contributed by atoms with Crippen molar-refractivity contribution in [3.05, 3.63) is 51.1 Å². The Balaban J connectivity index is 2.00. The van der Waals surface area contributed by atoms with E-state index < -0.39 is 0 Å². The fourth-order valence-corrected chi connectivity index (χ4v) is 2.13. The summed E-state index contributed by atoms with van der Waals surface area (Å²) in [6.07, 6.45) is 1.64. The summed E-state index contributed by atoms with van der Waals surface area (Å²) in [7, 11) is 0. The predicted molar refractivity (Wildman–Crippen MR) is 85.0 cm³/mol. The van der Waals surface area contributed by atoms with Crippen molar-refractivity contribution >= 4 is 33.2 Å². The van der Waals surface area contributed by atoms with E-state index in [4.69, 9.17) is 5.73 Å². The van der Waals surface area contributed by atoms with E-state index in [9.17, 15) is 9.59 Å². The molecular weight excluding hydrogens is 336 g/mol. The Morgan fingerprint density at radius 3 is 2.71 bits per heavy atom. The normalized spacial score (nSPS) is 10.4. The van der Waals surface area contributed by atoms with Gasteiger partial charge in [-0.05, 0) is 47.1 Å². The lowest BCUT2D eigenvalue weighted by molar-refractivity contribution is -0.116. The standard InChI is InChI=1S/C14H15BrN4O2/c1-9-17-8-12(15)14(21)19(9)7-6-13(20)18-11-4-2-10(16)3-5-11/h2-5,8H,6-7,16H2,1H3,(H,18,20). The van der Waals surface area contributed by atoms with Gasteiger partial charge in [0.05, 0.1) is 0 Å². The number of nitrogens with two attached hydrogens (primary N) is 1. The van der Waals surface area contributed by atoms with Gasteiger partial charge >= 0.3 is 0 Å². The second-order valence-corrected chi connectivity index (χ2v) is 5.38. The fraction of sp³-hybridized carbons (Fsp3) is 0.214. The molecule has 1 aromatic heterocycles. The van der Waals surface area contributed by atoms with E-state index in [1.54, 1.807) is 31.2 Å². The van der Waals surface area contributed by atoms with Crippen LogP contribution in [-0.2, 0) is 11.3 Å². The fourth-order valence-electron chi connectivity index (χ4n) is 1.82. The van der Waals surface area contributed by atoms with Crippen LogP contribution in [0.25, 0.3) is 0 Å². The molecule has 2 aromatic rings. The van der Waals surface area contributed by atoms with E-state index in [1.807, 2.05) is 0 Å². The topological polar surface area (TPSA) is 90.0 Å². The van der Waals surface area contributed by atoms with Gasteiger partial charge in [-0.1, -0.05) is 0 Å². The van der Waals surface area contributed by atoms with Gasteiger partial charge < -0.3 is 11.1 Å². The molecule has 0 saturated heterocycles. The second-order valence-electron chi connectivity index (χ2n) is 4.53. The van der Waals surface area contributed by atoms with Gasteiger partial charge in [-0.25, -0.2) is 4.98 Å². The van der Waals surface area contributed by atoms with E-state index >= 15 is 0 Å². The van der Waals surface area contributed by atoms with Crippen LogP contribution in [0.15, 0.2) is 39.7 Å². The average Bonchev–Trinajstić information content (AvgIpc) is 2.45. The maximum atomic E-state index is 11.9. The number of benzene rings is 1. The molecule has 7 heteroatoms. The summed E-state index contributed by atoms with van der Waals surface area (Å²) in [5.74, 6) is 0.398. The first-order valence-corrected chi connectivity index (χ1v) is 7.14. The van der Waals surface area contributed by atoms with Crippen molar-refractivity contribution in [3.8, 4) is 0 Å². The number of halogens is 1. The monoisotopic (exact) mass is 350 g/mol. The average molecular weight is 351 g/mol. The predicted octanol–water partition coefficient (Wildman–Crippen LogP) is 1.93. The summed E-state index contributed by atoms with van der Waals surface area (Å²) in [6, 6.07) is 6.88. The lowest BCUT2D eigenvalue weighted by Crippen LogP contribution is -2.26. The molecule has 21 heavy (non-hydrogen) atoms. The first-order valence-electron chi connectivity index (χ1n) is 6.34. The van der Waals surface area contributed by atoms with Crippen molar-refractivity contribution < 1.29 is 4.79 Å². The molecule has 1 amide bonds. The van der Waals surface area contributed by atoms with Gasteiger partial charge in [0.25, 0.3) is 5.56 Å². The highest BCUT2D eigenvalue weighted by Gasteiger charge is 2.08. The van der Waals surface area contributed by atoms with Crippen molar-refractivity contribution in [2.75, 3.05) is 11.1 Å². The van der Waals surface area contributed by atoms with Gasteiger partial charge in [0.1, 0.15) is 10.3 Å². The number of nitrogens with one attached hydrogen (secondary N) is 1. The molecule has 110 valence electrons. The molecule has 0 aliphatic carbocycles. The minimum atomic E-state index is -0.192. The van der Waals surface area contributed by atoms with Gasteiger partial charge in [-0.2, -0.15) is 0 Å². The van der Waals surface area contributed by atoms with Crippen LogP contribution in [0.4, 0.5) is 11.4 Å². The highest BCUT2D eigenvalue weighted by atomic mass is 79.9. The Bertz CT molecular complexity index is 710. The van der Waals surface area contributed by atoms with Crippen LogP contribution in [0.2, 0.25) is 0 Å². The lowest BCUT2D eigenvalue weighted by Gasteiger charge is -2.10. The van der Waals surface area contributed by atoms with E-state index in [2.05, 4.69) is 26.2 Å². The number of carbonyl (C=O) groups is 1. The maximum Gasteiger partial charge on any atom is 0.267 e. The molecule has 0 aliphatic heterocycles. The Hall–Kier alpha value is -2.15. The minimum Gasteiger partial charge on any atom is -0.399 e. The summed E-state index contributed by atoms with van der Waals surface area (Å²) in [5, 5.41) is 2.75. The highest BCUT2D eigenvalue weighted by Crippen LogP contribution is 2.11. The van der Waals surface area contributed by atoms with Gasteiger partial charge in [-0.15, -0.1) is 0 Å². The van der Waals surface area contributed by atoms with Crippen LogP contribution in [0, 0.1) is 6.92 Å². The third-order valence-corrected chi connectivity index (χ3v) is 3.51. The van der Waals surface area contributed by atoms with Crippen LogP contribution < -0.4 is 16.6 Å². The van der Waals surface area contributed by atoms with Gasteiger partial charge in [0.2, 0.25) is 5.91 Å². The number of rotatable bonds is 4. The van der Waals surface area contributed by atoms with E-state index in [-0.39, 0.29) is 24.4 Å². The summed E-state index contributed by atoms with van der Waals surface area (Å²) >= 11 is 3.14. The first kappa shape index (κ1) is 15.2. The van der Waals surface area contributed by atoms with Crippen molar-refractivity contribution in [2.24, 2.45) is 0 Å². The Morgan fingerprint density at radius 2 is 2.05 bits per heavy atom. The number of amides is 1. The third-order valence-electron chi connectivity index (χ3n) is 2.96. The zero-order valence-corrected chi connectivity index (χ0v) is 13.1. The second kappa shape index (κ2) is 6.53. The maximum absolute atomic E-state index is 11.9. The zero-order chi connectivity index (χ0) is 15.4. The Labute approximate surface area is 130 Å². The number of hydrogen-bond donors (Lipinski definition) is 2. The van der Waals surface area contributed by atoms with Crippen LogP contribution in [0.5, 0.6) is 0 Å². The molecule has 6 nitrogen and oxygen atoms in total. The number of hydrogen-bond acceptors (Lipinski definition) is 4. The molecule has 3 N–H and O–H groups in total. The molecule has 0 unspecified atom stereocenters. The first-order chi connectivity index (χ1) is 9.97. The molecule has 1 heterocycles. The molecule has 0 spiro atoms. The van der Waals surface area contributed by atoms with Crippen LogP contribution in [-0.4, -0.2) is 15.5 Å². The number of carbonyl (C=O) groups excluding carboxylic acids is 1. The third kappa shape index (κ3) is 3.91. The Kier molecular flexibility index (Phi) is 4.74. The van der Waals surface area contributed by atoms with E-state index in [0.717, 1.165) is 0 Å². The van der Waals surface area contributed by atoms with Crippen LogP contribution >= 0.6 is 15.9 Å². The number of aromatic nitrogens is 2. The molecule has 0 radical (unpaired) electrons. The molecule has 1 aromatic carbocycles. The number of aryl methyl sites for hydroxylation is 1. The molecule has 2 rings (SSSR count). The van der Waals surface area contributed by atoms with Crippen LogP contribution in [0.1, 0.15) is 12.2 Å². The largest absolute Gasteiger partial charge is 0.399 e. The van der Waals surface area contributed by atoms with Crippen molar-refractivity contribution in [1.82, 2.24) is 9.55 Å².